The van der Waals surface area contributed by atoms with Crippen molar-refractivity contribution in [2.24, 2.45) is 0 Å². The number of carbonyl (C=O) groups excluding carboxylic acids is 1. The molecule has 2 aromatic rings. The smallest absolute Gasteiger partial charge is 0.266 e. The number of halogens is 2. The molecule has 0 unspecified atom stereocenters. The van der Waals surface area contributed by atoms with Crippen LogP contribution in [-0.2, 0) is 4.79 Å². The summed E-state index contributed by atoms with van der Waals surface area (Å²) in [5.41, 5.74) is 3.00. The first-order chi connectivity index (χ1) is 12.8. The number of anilines is 1. The van der Waals surface area contributed by atoms with Gasteiger partial charge in [0.1, 0.15) is 17.4 Å². The highest BCUT2D eigenvalue weighted by Crippen LogP contribution is 2.32. The Bertz CT molecular complexity index is 944. The molecule has 2 rings (SSSR count). The van der Waals surface area contributed by atoms with Crippen LogP contribution in [0, 0.1) is 18.3 Å². The normalized spacial score (nSPS) is 11.3. The molecule has 1 N–H and O–H groups in total. The molecule has 0 heterocycles. The summed E-state index contributed by atoms with van der Waals surface area (Å²) >= 11 is 12.1. The summed E-state index contributed by atoms with van der Waals surface area (Å²) in [6, 6.07) is 10.7. The molecular weight excluding hydrogens is 383 g/mol. The molecule has 140 valence electrons. The molecule has 27 heavy (non-hydrogen) atoms. The van der Waals surface area contributed by atoms with Gasteiger partial charge in [-0.05, 0) is 59.9 Å². The van der Waals surface area contributed by atoms with Gasteiger partial charge in [-0.3, -0.25) is 4.79 Å². The highest BCUT2D eigenvalue weighted by Gasteiger charge is 2.15. The molecule has 2 aromatic carbocycles. The van der Waals surface area contributed by atoms with E-state index in [4.69, 9.17) is 27.9 Å². The quantitative estimate of drug-likeness (QED) is 0.494. The Kier molecular flexibility index (Phi) is 6.90. The minimum absolute atomic E-state index is 0.0333. The van der Waals surface area contributed by atoms with Crippen molar-refractivity contribution < 1.29 is 9.53 Å². The van der Waals surface area contributed by atoms with Gasteiger partial charge in [-0.2, -0.15) is 5.26 Å². The van der Waals surface area contributed by atoms with E-state index >= 15 is 0 Å². The van der Waals surface area contributed by atoms with E-state index in [1.165, 1.54) is 0 Å². The summed E-state index contributed by atoms with van der Waals surface area (Å²) in [7, 11) is 1.62. The van der Waals surface area contributed by atoms with Gasteiger partial charge in [0.05, 0.1) is 22.8 Å². The van der Waals surface area contributed by atoms with E-state index in [1.807, 2.05) is 25.1 Å². The van der Waals surface area contributed by atoms with Crippen LogP contribution in [0.4, 0.5) is 5.69 Å². The Morgan fingerprint density at radius 1 is 1.30 bits per heavy atom. The van der Waals surface area contributed by atoms with Crippen LogP contribution in [0.5, 0.6) is 5.75 Å². The van der Waals surface area contributed by atoms with E-state index in [-0.39, 0.29) is 16.5 Å². The zero-order chi connectivity index (χ0) is 20.1. The largest absolute Gasteiger partial charge is 0.496 e. The molecule has 1 amide bonds. The Morgan fingerprint density at radius 2 is 2.00 bits per heavy atom. The molecule has 6 heteroatoms. The first kappa shape index (κ1) is 20.8. The van der Waals surface area contributed by atoms with Gasteiger partial charge in [0.25, 0.3) is 5.91 Å². The van der Waals surface area contributed by atoms with Crippen molar-refractivity contribution in [1.82, 2.24) is 0 Å². The number of ether oxygens (including phenoxy) is 1. The second-order valence-electron chi connectivity index (χ2n) is 6.33. The van der Waals surface area contributed by atoms with Crippen LogP contribution in [0.15, 0.2) is 35.9 Å². The van der Waals surface area contributed by atoms with E-state index in [2.05, 4.69) is 19.2 Å². The van der Waals surface area contributed by atoms with E-state index in [0.717, 1.165) is 22.4 Å². The van der Waals surface area contributed by atoms with Crippen molar-refractivity contribution in [1.29, 1.82) is 5.26 Å². The van der Waals surface area contributed by atoms with Gasteiger partial charge in [0.2, 0.25) is 0 Å². The molecule has 0 aromatic heterocycles. The summed E-state index contributed by atoms with van der Waals surface area (Å²) < 4.78 is 5.43. The van der Waals surface area contributed by atoms with Gasteiger partial charge >= 0.3 is 0 Å². The molecule has 0 spiro atoms. The number of hydrogen-bond acceptors (Lipinski definition) is 3. The molecule has 0 radical (unpaired) electrons. The molecule has 4 nitrogen and oxygen atoms in total. The van der Waals surface area contributed by atoms with Crippen molar-refractivity contribution in [3.63, 3.8) is 0 Å². The van der Waals surface area contributed by atoms with Gasteiger partial charge < -0.3 is 10.1 Å². The van der Waals surface area contributed by atoms with E-state index in [1.54, 1.807) is 31.4 Å². The number of benzene rings is 2. The summed E-state index contributed by atoms with van der Waals surface area (Å²) in [5, 5.41) is 12.7. The molecular formula is C21H20Cl2N2O2. The van der Waals surface area contributed by atoms with Crippen molar-refractivity contribution in [2.45, 2.75) is 26.7 Å². The number of carbonyl (C=O) groups is 1. The number of nitrogens with zero attached hydrogens (tertiary/aromatic N) is 1. The predicted octanol–water partition coefficient (Wildman–Crippen LogP) is 5.98. The zero-order valence-electron chi connectivity index (χ0n) is 15.6. The Hall–Kier alpha value is -2.48. The van der Waals surface area contributed by atoms with E-state index in [0.29, 0.717) is 10.7 Å². The molecule has 0 saturated heterocycles. The summed E-state index contributed by atoms with van der Waals surface area (Å²) in [5.74, 6) is 0.466. The van der Waals surface area contributed by atoms with Crippen molar-refractivity contribution in [2.75, 3.05) is 12.4 Å². The molecule has 0 saturated carbocycles. The number of nitrogens with one attached hydrogen (secondary N) is 1. The topological polar surface area (TPSA) is 62.1 Å². The fourth-order valence-corrected chi connectivity index (χ4v) is 2.94. The van der Waals surface area contributed by atoms with Crippen molar-refractivity contribution >= 4 is 40.9 Å². The molecule has 0 aliphatic rings. The lowest BCUT2D eigenvalue weighted by Gasteiger charge is -2.15. The highest BCUT2D eigenvalue weighted by molar-refractivity contribution is 6.44. The van der Waals surface area contributed by atoms with Crippen molar-refractivity contribution in [3.05, 3.63) is 62.6 Å². The predicted molar refractivity (Wildman–Crippen MR) is 111 cm³/mol. The first-order valence-corrected chi connectivity index (χ1v) is 9.09. The Balaban J connectivity index is 2.41. The van der Waals surface area contributed by atoms with E-state index < -0.39 is 5.91 Å². The SMILES string of the molecule is COc1cc(C)c(/C=C(/C#N)C(=O)Nc2cccc(Cl)c2Cl)cc1C(C)C. The monoisotopic (exact) mass is 402 g/mol. The molecule has 0 fully saturated rings. The minimum atomic E-state index is -0.553. The number of rotatable bonds is 5. The maximum atomic E-state index is 12.5. The molecule has 0 aliphatic carbocycles. The summed E-state index contributed by atoms with van der Waals surface area (Å²) in [4.78, 5) is 12.5. The van der Waals surface area contributed by atoms with Crippen LogP contribution in [0.3, 0.4) is 0 Å². The maximum absolute atomic E-state index is 12.5. The minimum Gasteiger partial charge on any atom is -0.496 e. The van der Waals surface area contributed by atoms with Gasteiger partial charge in [0, 0.05) is 0 Å². The third-order valence-corrected chi connectivity index (χ3v) is 4.92. The van der Waals surface area contributed by atoms with Gasteiger partial charge in [0.15, 0.2) is 0 Å². The molecule has 0 bridgehead atoms. The molecule has 0 aliphatic heterocycles. The highest BCUT2D eigenvalue weighted by atomic mass is 35.5. The maximum Gasteiger partial charge on any atom is 0.266 e. The summed E-state index contributed by atoms with van der Waals surface area (Å²) in [6.07, 6.45) is 1.56. The Morgan fingerprint density at radius 3 is 2.59 bits per heavy atom. The zero-order valence-corrected chi connectivity index (χ0v) is 17.1. The van der Waals surface area contributed by atoms with Crippen LogP contribution in [0.2, 0.25) is 10.0 Å². The van der Waals surface area contributed by atoms with Crippen molar-refractivity contribution in [3.8, 4) is 11.8 Å². The van der Waals surface area contributed by atoms with Crippen LogP contribution >= 0.6 is 23.2 Å². The second kappa shape index (κ2) is 8.94. The summed E-state index contributed by atoms with van der Waals surface area (Å²) in [6.45, 7) is 6.01. The van der Waals surface area contributed by atoms with Gasteiger partial charge in [-0.15, -0.1) is 0 Å². The number of amides is 1. The first-order valence-electron chi connectivity index (χ1n) is 8.34. The number of hydrogen-bond donors (Lipinski definition) is 1. The third kappa shape index (κ3) is 4.82. The third-order valence-electron chi connectivity index (χ3n) is 4.11. The number of aryl methyl sites for hydroxylation is 1. The second-order valence-corrected chi connectivity index (χ2v) is 7.12. The standard InChI is InChI=1S/C21H20Cl2N2O2/c1-12(2)16-10-14(13(3)8-19(16)27-4)9-15(11-24)21(26)25-18-7-5-6-17(22)20(18)23/h5-10,12H,1-4H3,(H,25,26)/b15-9-. The average Bonchev–Trinajstić information content (AvgIpc) is 2.63. The van der Waals surface area contributed by atoms with Crippen LogP contribution < -0.4 is 10.1 Å². The number of methoxy groups -OCH3 is 1. The fourth-order valence-electron chi connectivity index (χ4n) is 2.59. The average molecular weight is 403 g/mol. The fraction of sp³-hybridized carbons (Fsp3) is 0.238. The lowest BCUT2D eigenvalue weighted by Crippen LogP contribution is -2.14. The Labute approximate surface area is 169 Å². The lowest BCUT2D eigenvalue weighted by molar-refractivity contribution is -0.112. The van der Waals surface area contributed by atoms with E-state index in [9.17, 15) is 10.1 Å². The van der Waals surface area contributed by atoms with Crippen LogP contribution in [0.25, 0.3) is 6.08 Å². The van der Waals surface area contributed by atoms with Gasteiger partial charge in [-0.1, -0.05) is 43.1 Å². The van der Waals surface area contributed by atoms with Crippen LogP contribution in [0.1, 0.15) is 36.5 Å². The lowest BCUT2D eigenvalue weighted by atomic mass is 9.95. The van der Waals surface area contributed by atoms with Gasteiger partial charge in [-0.25, -0.2) is 0 Å². The molecule has 0 atom stereocenters. The van der Waals surface area contributed by atoms with Crippen LogP contribution in [-0.4, -0.2) is 13.0 Å². The number of nitriles is 1.